The lowest BCUT2D eigenvalue weighted by molar-refractivity contribution is -0.120. The van der Waals surface area contributed by atoms with Crippen molar-refractivity contribution in [3.8, 4) is 5.82 Å². The number of hydrogen-bond donors (Lipinski definition) is 2. The van der Waals surface area contributed by atoms with Crippen LogP contribution in [0.2, 0.25) is 0 Å². The Morgan fingerprint density at radius 2 is 2.00 bits per heavy atom. The van der Waals surface area contributed by atoms with Crippen molar-refractivity contribution in [3.63, 3.8) is 0 Å². The summed E-state index contributed by atoms with van der Waals surface area (Å²) in [6.45, 7) is 7.15. The third kappa shape index (κ3) is 5.13. The molecule has 0 aliphatic heterocycles. The molecule has 0 unspecified atom stereocenters. The zero-order valence-corrected chi connectivity index (χ0v) is 16.6. The van der Waals surface area contributed by atoms with Crippen LogP contribution in [0.25, 0.3) is 5.82 Å². The number of nitrogens with zero attached hydrogens (tertiary/aromatic N) is 4. The largest absolute Gasteiger partial charge is 0.367 e. The molecular weight excluding hydrogens is 360 g/mol. The van der Waals surface area contributed by atoms with Gasteiger partial charge in [0.15, 0.2) is 5.82 Å². The number of aromatic nitrogens is 4. The first kappa shape index (κ1) is 19.0. The summed E-state index contributed by atoms with van der Waals surface area (Å²) in [4.78, 5) is 13.2. The lowest BCUT2D eigenvalue weighted by atomic mass is 10.2. The molecule has 1 amide bonds. The predicted octanol–water partition coefficient (Wildman–Crippen LogP) is 2.81. The van der Waals surface area contributed by atoms with Gasteiger partial charge in [-0.05, 0) is 62.4 Å². The quantitative estimate of drug-likeness (QED) is 0.584. The van der Waals surface area contributed by atoms with Crippen molar-refractivity contribution < 1.29 is 4.79 Å². The molecule has 0 fully saturated rings. The first-order chi connectivity index (χ1) is 13.0. The van der Waals surface area contributed by atoms with Crippen molar-refractivity contribution in [3.05, 3.63) is 51.5 Å². The molecular formula is C19H24N6OS. The fraction of sp³-hybridized carbons (Fsp3) is 0.368. The van der Waals surface area contributed by atoms with Gasteiger partial charge < -0.3 is 10.6 Å². The molecule has 8 heteroatoms. The molecule has 142 valence electrons. The number of rotatable bonds is 8. The van der Waals surface area contributed by atoms with Gasteiger partial charge in [0, 0.05) is 30.1 Å². The summed E-state index contributed by atoms with van der Waals surface area (Å²) in [7, 11) is 0. The molecule has 0 aromatic carbocycles. The van der Waals surface area contributed by atoms with Gasteiger partial charge in [0.2, 0.25) is 5.91 Å². The molecule has 0 bridgehead atoms. The molecule has 7 nitrogen and oxygen atoms in total. The highest BCUT2D eigenvalue weighted by Gasteiger charge is 2.07. The van der Waals surface area contributed by atoms with Crippen LogP contribution in [0.15, 0.2) is 29.6 Å². The van der Waals surface area contributed by atoms with Crippen molar-refractivity contribution >= 4 is 23.1 Å². The smallest absolute Gasteiger partial charge is 0.220 e. The van der Waals surface area contributed by atoms with E-state index in [1.807, 2.05) is 32.0 Å². The maximum absolute atomic E-state index is 11.9. The van der Waals surface area contributed by atoms with Crippen LogP contribution in [0, 0.1) is 20.8 Å². The summed E-state index contributed by atoms with van der Waals surface area (Å²) in [5, 5.41) is 20.9. The van der Waals surface area contributed by atoms with Gasteiger partial charge in [-0.25, -0.2) is 4.68 Å². The molecule has 3 heterocycles. The van der Waals surface area contributed by atoms with Crippen LogP contribution in [0.4, 0.5) is 5.82 Å². The zero-order valence-electron chi connectivity index (χ0n) is 15.8. The van der Waals surface area contributed by atoms with Crippen LogP contribution in [-0.4, -0.2) is 39.0 Å². The number of carbonyl (C=O) groups excluding carboxylic acids is 1. The van der Waals surface area contributed by atoms with Gasteiger partial charge in [0.25, 0.3) is 0 Å². The standard InChI is InChI=1S/C19H24N6OS/c1-13-8-11-27-16(13)4-7-19(26)21-10-9-20-17-5-6-18(23-22-17)25-15(3)12-14(2)24-25/h5-6,8,11-12H,4,7,9-10H2,1-3H3,(H,20,22)(H,21,26). The second-order valence-electron chi connectivity index (χ2n) is 6.42. The van der Waals surface area contributed by atoms with E-state index in [9.17, 15) is 4.79 Å². The van der Waals surface area contributed by atoms with Gasteiger partial charge in [-0.1, -0.05) is 0 Å². The van der Waals surface area contributed by atoms with Gasteiger partial charge in [0.05, 0.1) is 5.69 Å². The van der Waals surface area contributed by atoms with E-state index in [1.165, 1.54) is 10.4 Å². The summed E-state index contributed by atoms with van der Waals surface area (Å²) in [5.74, 6) is 1.42. The Morgan fingerprint density at radius 3 is 2.63 bits per heavy atom. The molecule has 0 saturated carbocycles. The molecule has 0 atom stereocenters. The van der Waals surface area contributed by atoms with Gasteiger partial charge in [0.1, 0.15) is 5.82 Å². The van der Waals surface area contributed by atoms with Crippen LogP contribution in [0.3, 0.4) is 0 Å². The Morgan fingerprint density at radius 1 is 1.15 bits per heavy atom. The zero-order chi connectivity index (χ0) is 19.2. The first-order valence-corrected chi connectivity index (χ1v) is 9.82. The van der Waals surface area contributed by atoms with E-state index in [-0.39, 0.29) is 5.91 Å². The van der Waals surface area contributed by atoms with Crippen molar-refractivity contribution in [2.24, 2.45) is 0 Å². The minimum Gasteiger partial charge on any atom is -0.367 e. The van der Waals surface area contributed by atoms with Gasteiger partial charge >= 0.3 is 0 Å². The molecule has 2 N–H and O–H groups in total. The molecule has 3 aromatic heterocycles. The number of hydrogen-bond acceptors (Lipinski definition) is 6. The Kier molecular flexibility index (Phi) is 6.18. The summed E-state index contributed by atoms with van der Waals surface area (Å²) in [5.41, 5.74) is 3.22. The van der Waals surface area contributed by atoms with Gasteiger partial charge in [-0.3, -0.25) is 4.79 Å². The van der Waals surface area contributed by atoms with E-state index in [1.54, 1.807) is 16.0 Å². The number of thiophene rings is 1. The Balaban J connectivity index is 1.39. The normalized spacial score (nSPS) is 10.8. The number of anilines is 1. The lowest BCUT2D eigenvalue weighted by Gasteiger charge is -2.08. The molecule has 0 aliphatic carbocycles. The lowest BCUT2D eigenvalue weighted by Crippen LogP contribution is -2.29. The number of amides is 1. The molecule has 0 saturated heterocycles. The fourth-order valence-corrected chi connectivity index (χ4v) is 3.67. The van der Waals surface area contributed by atoms with E-state index in [4.69, 9.17) is 0 Å². The topological polar surface area (TPSA) is 84.7 Å². The van der Waals surface area contributed by atoms with Crippen LogP contribution in [-0.2, 0) is 11.2 Å². The first-order valence-electron chi connectivity index (χ1n) is 8.94. The summed E-state index contributed by atoms with van der Waals surface area (Å²) in [6, 6.07) is 7.82. The molecule has 0 aliphatic rings. The van der Waals surface area contributed by atoms with Crippen molar-refractivity contribution in [2.75, 3.05) is 18.4 Å². The van der Waals surface area contributed by atoms with Crippen LogP contribution in [0.1, 0.15) is 28.2 Å². The van der Waals surface area contributed by atoms with E-state index in [2.05, 4.69) is 44.3 Å². The summed E-state index contributed by atoms with van der Waals surface area (Å²) < 4.78 is 1.77. The van der Waals surface area contributed by atoms with Crippen LogP contribution >= 0.6 is 11.3 Å². The SMILES string of the molecule is Cc1cc(C)n(-c2ccc(NCCNC(=O)CCc3sccc3C)nn2)n1. The molecule has 27 heavy (non-hydrogen) atoms. The Hall–Kier alpha value is -2.74. The maximum Gasteiger partial charge on any atom is 0.220 e. The molecule has 3 aromatic rings. The van der Waals surface area contributed by atoms with E-state index < -0.39 is 0 Å². The summed E-state index contributed by atoms with van der Waals surface area (Å²) in [6.07, 6.45) is 1.31. The minimum absolute atomic E-state index is 0.0653. The monoisotopic (exact) mass is 384 g/mol. The Bertz CT molecular complexity index is 899. The maximum atomic E-state index is 11.9. The third-order valence-electron chi connectivity index (χ3n) is 4.18. The Labute approximate surface area is 162 Å². The van der Waals surface area contributed by atoms with Crippen molar-refractivity contribution in [2.45, 2.75) is 33.6 Å². The number of nitrogens with one attached hydrogen (secondary N) is 2. The van der Waals surface area contributed by atoms with Gasteiger partial charge in [-0.2, -0.15) is 5.10 Å². The molecule has 0 spiro atoms. The van der Waals surface area contributed by atoms with Crippen LogP contribution in [0.5, 0.6) is 0 Å². The second-order valence-corrected chi connectivity index (χ2v) is 7.42. The molecule has 3 rings (SSSR count). The van der Waals surface area contributed by atoms with E-state index in [0.717, 1.165) is 17.8 Å². The highest BCUT2D eigenvalue weighted by Crippen LogP contribution is 2.17. The summed E-state index contributed by atoms with van der Waals surface area (Å²) >= 11 is 1.71. The predicted molar refractivity (Wildman–Crippen MR) is 108 cm³/mol. The molecule has 0 radical (unpaired) electrons. The van der Waals surface area contributed by atoms with E-state index >= 15 is 0 Å². The van der Waals surface area contributed by atoms with Crippen molar-refractivity contribution in [1.82, 2.24) is 25.3 Å². The van der Waals surface area contributed by atoms with E-state index in [0.29, 0.717) is 31.1 Å². The average molecular weight is 385 g/mol. The highest BCUT2D eigenvalue weighted by molar-refractivity contribution is 7.10. The van der Waals surface area contributed by atoms with Gasteiger partial charge in [-0.15, -0.1) is 21.5 Å². The third-order valence-corrected chi connectivity index (χ3v) is 5.26. The average Bonchev–Trinajstić information content (AvgIpc) is 3.22. The fourth-order valence-electron chi connectivity index (χ4n) is 2.76. The minimum atomic E-state index is 0.0653. The second kappa shape index (κ2) is 8.77. The number of aryl methyl sites for hydroxylation is 4. The number of carbonyl (C=O) groups is 1. The van der Waals surface area contributed by atoms with Crippen LogP contribution < -0.4 is 10.6 Å². The highest BCUT2D eigenvalue weighted by atomic mass is 32.1. The van der Waals surface area contributed by atoms with Crippen molar-refractivity contribution in [1.29, 1.82) is 0 Å².